The minimum absolute atomic E-state index is 0.200. The summed E-state index contributed by atoms with van der Waals surface area (Å²) in [7, 11) is 0. The molecule has 0 saturated carbocycles. The predicted molar refractivity (Wildman–Crippen MR) is 223 cm³/mol. The Morgan fingerprint density at radius 1 is 0.537 bits per heavy atom. The molecule has 54 heavy (non-hydrogen) atoms. The molecule has 1 heterocycles. The summed E-state index contributed by atoms with van der Waals surface area (Å²) in [5, 5.41) is 2.81. The maximum Gasteiger partial charge on any atom is 0.0714 e. The highest BCUT2D eigenvalue weighted by Gasteiger charge is 2.56. The van der Waals surface area contributed by atoms with Crippen LogP contribution in [0.15, 0.2) is 182 Å². The second kappa shape index (κ2) is 11.3. The number of nitrogens with zero attached hydrogens (tertiary/aromatic N) is 1. The first-order chi connectivity index (χ1) is 26.8. The summed E-state index contributed by atoms with van der Waals surface area (Å²) in [6.45, 7) is 0. The maximum atomic E-state index is 5.56. The molecule has 4 unspecified atom stereocenters. The summed E-state index contributed by atoms with van der Waals surface area (Å²) in [6.07, 6.45) is 20.4. The number of pyridine rings is 1. The molecule has 12 rings (SSSR count). The van der Waals surface area contributed by atoms with Gasteiger partial charge in [0.15, 0.2) is 0 Å². The Hall–Kier alpha value is -6.31. The fourth-order valence-corrected chi connectivity index (χ4v) is 11.0. The van der Waals surface area contributed by atoms with Gasteiger partial charge in [-0.3, -0.25) is 4.98 Å². The minimum atomic E-state index is -0.365. The molecule has 0 radical (unpaired) electrons. The highest BCUT2D eigenvalue weighted by atomic mass is 14.7. The molecule has 0 N–H and O–H groups in total. The first-order valence-electron chi connectivity index (χ1n) is 19.5. The van der Waals surface area contributed by atoms with Gasteiger partial charge in [0.05, 0.1) is 11.1 Å². The summed E-state index contributed by atoms with van der Waals surface area (Å²) in [5.74, 6) is 0.662. The van der Waals surface area contributed by atoms with E-state index in [1.165, 1.54) is 83.1 Å². The smallest absolute Gasteiger partial charge is 0.0714 e. The number of hydrogen-bond acceptors (Lipinski definition) is 1. The maximum absolute atomic E-state index is 5.56. The van der Waals surface area contributed by atoms with Crippen LogP contribution in [0.5, 0.6) is 0 Å². The quantitative estimate of drug-likeness (QED) is 0.180. The van der Waals surface area contributed by atoms with Crippen molar-refractivity contribution in [2.45, 2.75) is 30.1 Å². The molecule has 0 fully saturated rings. The summed E-state index contributed by atoms with van der Waals surface area (Å²) < 4.78 is 0. The molecule has 4 atom stereocenters. The highest BCUT2D eigenvalue weighted by molar-refractivity contribution is 6.16. The largest absolute Gasteiger partial charge is 0.252 e. The monoisotopic (exact) mass is 687 g/mol. The van der Waals surface area contributed by atoms with E-state index in [1.807, 2.05) is 0 Å². The summed E-state index contributed by atoms with van der Waals surface area (Å²) >= 11 is 0. The molecule has 0 amide bonds. The van der Waals surface area contributed by atoms with E-state index in [9.17, 15) is 0 Å². The minimum Gasteiger partial charge on any atom is -0.252 e. The molecule has 0 bridgehead atoms. The van der Waals surface area contributed by atoms with E-state index in [0.717, 1.165) is 24.2 Å². The molecule has 7 aromatic rings. The lowest BCUT2D eigenvalue weighted by Crippen LogP contribution is -2.39. The Balaban J connectivity index is 1.17. The van der Waals surface area contributed by atoms with Crippen LogP contribution in [-0.4, -0.2) is 4.98 Å². The third-order valence-corrected chi connectivity index (χ3v) is 13.1. The summed E-state index contributed by atoms with van der Waals surface area (Å²) in [5.41, 5.74) is 19.6. The summed E-state index contributed by atoms with van der Waals surface area (Å²) in [6, 6.07) is 50.6. The van der Waals surface area contributed by atoms with Crippen LogP contribution in [0, 0.1) is 5.92 Å². The van der Waals surface area contributed by atoms with Gasteiger partial charge in [-0.1, -0.05) is 164 Å². The van der Waals surface area contributed by atoms with Crippen LogP contribution in [0.4, 0.5) is 0 Å². The van der Waals surface area contributed by atoms with Crippen molar-refractivity contribution in [1.29, 1.82) is 0 Å². The van der Waals surface area contributed by atoms with Gasteiger partial charge in [-0.2, -0.15) is 0 Å². The van der Waals surface area contributed by atoms with E-state index >= 15 is 0 Å². The fourth-order valence-electron chi connectivity index (χ4n) is 11.0. The number of fused-ring (bicyclic) bond motifs is 13. The number of rotatable bonds is 3. The van der Waals surface area contributed by atoms with Gasteiger partial charge < -0.3 is 0 Å². The molecule has 1 heteroatoms. The lowest BCUT2D eigenvalue weighted by molar-refractivity contribution is 0.446. The lowest BCUT2D eigenvalue weighted by Gasteiger charge is -2.44. The van der Waals surface area contributed by atoms with Gasteiger partial charge in [-0.25, -0.2) is 0 Å². The van der Waals surface area contributed by atoms with E-state index < -0.39 is 0 Å². The van der Waals surface area contributed by atoms with Crippen LogP contribution in [0.25, 0.3) is 55.4 Å². The van der Waals surface area contributed by atoms with Crippen molar-refractivity contribution in [3.8, 4) is 44.6 Å². The molecule has 5 aliphatic carbocycles. The van der Waals surface area contributed by atoms with E-state index in [1.54, 1.807) is 0 Å². The normalized spacial score (nSPS) is 21.9. The average molecular weight is 688 g/mol. The number of allylic oxidation sites excluding steroid dienone is 8. The van der Waals surface area contributed by atoms with Gasteiger partial charge >= 0.3 is 0 Å². The zero-order chi connectivity index (χ0) is 35.4. The molecule has 1 spiro atoms. The molecule has 6 aromatic carbocycles. The molecular formula is C53H37N. The van der Waals surface area contributed by atoms with Crippen molar-refractivity contribution >= 4 is 10.8 Å². The standard InChI is InChI=1S/C53H37N/c1-3-15-33(16-4-1)36-30-49(34-17-5-2-6-18-34)54-50(31-36)42-25-14-28-47-52(42)41-22-10-12-27-46(41)53(47)45-26-11-7-19-35(45)29-43-40-24-13-23-39-37-20-8-9-21-38(37)44(51(39)40)32-48(43)53/h1-17,19-28,30-32,34,41,46H,18,29H2. The van der Waals surface area contributed by atoms with Crippen molar-refractivity contribution in [3.05, 3.63) is 221 Å². The van der Waals surface area contributed by atoms with Crippen molar-refractivity contribution < 1.29 is 0 Å². The van der Waals surface area contributed by atoms with E-state index in [2.05, 4.69) is 182 Å². The van der Waals surface area contributed by atoms with E-state index in [-0.39, 0.29) is 23.2 Å². The van der Waals surface area contributed by atoms with Crippen LogP contribution in [0.3, 0.4) is 0 Å². The number of benzene rings is 6. The fraction of sp³-hybridized carbons (Fsp3) is 0.113. The van der Waals surface area contributed by atoms with Crippen LogP contribution in [-0.2, 0) is 11.8 Å². The van der Waals surface area contributed by atoms with Gasteiger partial charge in [0.25, 0.3) is 0 Å². The van der Waals surface area contributed by atoms with E-state index in [4.69, 9.17) is 4.98 Å². The van der Waals surface area contributed by atoms with Crippen molar-refractivity contribution in [3.63, 3.8) is 0 Å². The molecule has 0 saturated heterocycles. The Labute approximate surface area is 316 Å². The van der Waals surface area contributed by atoms with Gasteiger partial charge in [0, 0.05) is 29.0 Å². The van der Waals surface area contributed by atoms with Gasteiger partial charge in [0.1, 0.15) is 0 Å². The molecule has 1 aromatic heterocycles. The second-order valence-electron chi connectivity index (χ2n) is 15.6. The average Bonchev–Trinajstić information content (AvgIpc) is 3.73. The number of aromatic nitrogens is 1. The van der Waals surface area contributed by atoms with Crippen LogP contribution in [0.1, 0.15) is 57.3 Å². The first-order valence-corrected chi connectivity index (χ1v) is 19.5. The number of hydrogen-bond donors (Lipinski definition) is 0. The van der Waals surface area contributed by atoms with E-state index in [0.29, 0.717) is 0 Å². The predicted octanol–water partition coefficient (Wildman–Crippen LogP) is 12.9. The Bertz CT molecular complexity index is 2850. The van der Waals surface area contributed by atoms with Gasteiger partial charge in [-0.05, 0) is 109 Å². The SMILES string of the molecule is C1=CCC(c2cc(-c3ccccc3)cc(-c3cccc4c3C3C=CC=CC3C43c4ccccc4Cc4c3cc3c5c(cccc45)-c4ccccc4-3)n2)C=C1. The zero-order valence-electron chi connectivity index (χ0n) is 29.9. The van der Waals surface area contributed by atoms with Crippen molar-refractivity contribution in [2.24, 2.45) is 5.92 Å². The zero-order valence-corrected chi connectivity index (χ0v) is 29.9. The topological polar surface area (TPSA) is 12.9 Å². The molecule has 1 nitrogen and oxygen atoms in total. The van der Waals surface area contributed by atoms with Crippen LogP contribution < -0.4 is 0 Å². The van der Waals surface area contributed by atoms with Crippen molar-refractivity contribution in [1.82, 2.24) is 4.98 Å². The molecular weight excluding hydrogens is 651 g/mol. The Kier molecular flexibility index (Phi) is 6.34. The van der Waals surface area contributed by atoms with Gasteiger partial charge in [-0.15, -0.1) is 0 Å². The summed E-state index contributed by atoms with van der Waals surface area (Å²) in [4.78, 5) is 5.56. The van der Waals surface area contributed by atoms with Crippen molar-refractivity contribution in [2.75, 3.05) is 0 Å². The Morgan fingerprint density at radius 2 is 1.28 bits per heavy atom. The molecule has 5 aliphatic rings. The lowest BCUT2D eigenvalue weighted by atomic mass is 9.57. The van der Waals surface area contributed by atoms with Crippen LogP contribution >= 0.6 is 0 Å². The van der Waals surface area contributed by atoms with Crippen LogP contribution in [0.2, 0.25) is 0 Å². The second-order valence-corrected chi connectivity index (χ2v) is 15.6. The molecule has 0 aliphatic heterocycles. The molecule has 254 valence electrons. The highest BCUT2D eigenvalue weighted by Crippen LogP contribution is 2.65. The first kappa shape index (κ1) is 30.2. The van der Waals surface area contributed by atoms with Gasteiger partial charge in [0.2, 0.25) is 0 Å². The third kappa shape index (κ3) is 4.02. The Morgan fingerprint density at radius 3 is 2.17 bits per heavy atom. The third-order valence-electron chi connectivity index (χ3n) is 13.1.